The van der Waals surface area contributed by atoms with E-state index < -0.39 is 5.91 Å². The van der Waals surface area contributed by atoms with Crippen molar-refractivity contribution in [1.82, 2.24) is 10.3 Å². The minimum Gasteiger partial charge on any atom is -0.457 e. The number of furan rings is 1. The van der Waals surface area contributed by atoms with Crippen LogP contribution in [0.4, 0.5) is 5.69 Å². The number of hydrogen-bond acceptors (Lipinski definition) is 5. The van der Waals surface area contributed by atoms with Crippen molar-refractivity contribution in [3.63, 3.8) is 0 Å². The monoisotopic (exact) mass is 589 g/mol. The molecule has 2 N–H and O–H groups in total. The zero-order valence-electron chi connectivity index (χ0n) is 21.7. The van der Waals surface area contributed by atoms with Gasteiger partial charge in [0.25, 0.3) is 0 Å². The first-order valence-electron chi connectivity index (χ1n) is 12.7. The van der Waals surface area contributed by atoms with Gasteiger partial charge in [0.15, 0.2) is 10.7 Å². The molecule has 202 valence electrons. The van der Waals surface area contributed by atoms with Crippen molar-refractivity contribution in [3.05, 3.63) is 100 Å². The summed E-state index contributed by atoms with van der Waals surface area (Å²) in [5, 5.41) is 6.62. The number of oxazole rings is 1. The zero-order valence-corrected chi connectivity index (χ0v) is 24.0. The Bertz CT molecular complexity index is 1720. The highest BCUT2D eigenvalue weighted by molar-refractivity contribution is 7.80. The van der Waals surface area contributed by atoms with Gasteiger partial charge in [-0.1, -0.05) is 49.2 Å². The molecule has 0 bridgehead atoms. The maximum Gasteiger partial charge on any atom is 0.250 e. The minimum atomic E-state index is -0.406. The molecule has 9 heteroatoms. The van der Waals surface area contributed by atoms with E-state index in [1.807, 2.05) is 30.3 Å². The first-order chi connectivity index (χ1) is 19.3. The molecule has 6 nitrogen and oxygen atoms in total. The first kappa shape index (κ1) is 27.6. The minimum absolute atomic E-state index is 0.160. The number of fused-ring (bicyclic) bond motifs is 1. The second-order valence-electron chi connectivity index (χ2n) is 9.21. The number of halogens is 2. The van der Waals surface area contributed by atoms with Crippen molar-refractivity contribution < 1.29 is 13.6 Å². The van der Waals surface area contributed by atoms with E-state index in [1.54, 1.807) is 36.4 Å². The third-order valence-corrected chi connectivity index (χ3v) is 7.49. The Balaban J connectivity index is 1.17. The van der Waals surface area contributed by atoms with Crippen molar-refractivity contribution >= 4 is 69.3 Å². The number of carbonyl (C=O) groups is 1. The summed E-state index contributed by atoms with van der Waals surface area (Å²) in [6.45, 7) is 4.37. The van der Waals surface area contributed by atoms with Gasteiger partial charge in [-0.05, 0) is 96.9 Å². The number of anilines is 1. The highest BCUT2D eigenvalue weighted by Gasteiger charge is 2.12. The quantitative estimate of drug-likeness (QED) is 0.145. The molecule has 1 amide bonds. The van der Waals surface area contributed by atoms with E-state index in [4.69, 9.17) is 44.3 Å². The SMILES string of the molecule is CCC(C)c1ccc2oc(-c3ccc(NC(=S)NC(=O)C=Cc4ccc(-c5cccc(Cl)c5Cl)o4)cc3)nc2c1. The summed E-state index contributed by atoms with van der Waals surface area (Å²) in [7, 11) is 0. The van der Waals surface area contributed by atoms with Crippen LogP contribution in [-0.4, -0.2) is 16.0 Å². The lowest BCUT2D eigenvalue weighted by Crippen LogP contribution is -2.32. The third kappa shape index (κ3) is 6.28. The predicted molar refractivity (Wildman–Crippen MR) is 166 cm³/mol. The largest absolute Gasteiger partial charge is 0.457 e. The molecule has 0 saturated carbocycles. The topological polar surface area (TPSA) is 80.3 Å². The van der Waals surface area contributed by atoms with Crippen LogP contribution >= 0.6 is 35.4 Å². The van der Waals surface area contributed by atoms with Crippen LogP contribution in [0.25, 0.3) is 40.0 Å². The normalized spacial score (nSPS) is 12.1. The second kappa shape index (κ2) is 12.1. The fourth-order valence-corrected chi connectivity index (χ4v) is 4.67. The third-order valence-electron chi connectivity index (χ3n) is 6.46. The van der Waals surface area contributed by atoms with Gasteiger partial charge >= 0.3 is 0 Å². The van der Waals surface area contributed by atoms with Crippen molar-refractivity contribution in [2.45, 2.75) is 26.2 Å². The molecule has 2 aromatic heterocycles. The number of aromatic nitrogens is 1. The van der Waals surface area contributed by atoms with Crippen LogP contribution in [0.5, 0.6) is 0 Å². The summed E-state index contributed by atoms with van der Waals surface area (Å²) >= 11 is 17.6. The fourth-order valence-electron chi connectivity index (χ4n) is 4.06. The van der Waals surface area contributed by atoms with Crippen molar-refractivity contribution in [2.24, 2.45) is 0 Å². The maximum absolute atomic E-state index is 12.4. The van der Waals surface area contributed by atoms with E-state index >= 15 is 0 Å². The van der Waals surface area contributed by atoms with Crippen molar-refractivity contribution in [2.75, 3.05) is 5.32 Å². The molecule has 5 aromatic rings. The summed E-state index contributed by atoms with van der Waals surface area (Å²) in [5.74, 6) is 1.62. The smallest absolute Gasteiger partial charge is 0.250 e. The first-order valence-corrected chi connectivity index (χ1v) is 13.8. The average Bonchev–Trinajstić information content (AvgIpc) is 3.60. The Labute approximate surface area is 247 Å². The van der Waals surface area contributed by atoms with Gasteiger partial charge in [0.2, 0.25) is 11.8 Å². The summed E-state index contributed by atoms with van der Waals surface area (Å²) in [6, 6.07) is 22.4. The van der Waals surface area contributed by atoms with Crippen LogP contribution in [0.15, 0.2) is 87.7 Å². The van der Waals surface area contributed by atoms with Crippen LogP contribution in [0.1, 0.15) is 37.5 Å². The van der Waals surface area contributed by atoms with Crippen LogP contribution in [-0.2, 0) is 4.79 Å². The Hall–Kier alpha value is -3.91. The Morgan fingerprint density at radius 1 is 1.05 bits per heavy atom. The molecule has 0 fully saturated rings. The molecular weight excluding hydrogens is 565 g/mol. The van der Waals surface area contributed by atoms with E-state index in [-0.39, 0.29) is 5.11 Å². The molecule has 1 unspecified atom stereocenters. The Morgan fingerprint density at radius 3 is 2.62 bits per heavy atom. The van der Waals surface area contributed by atoms with Gasteiger partial charge in [0.1, 0.15) is 17.0 Å². The molecule has 0 radical (unpaired) electrons. The summed E-state index contributed by atoms with van der Waals surface area (Å²) < 4.78 is 11.7. The lowest BCUT2D eigenvalue weighted by Gasteiger charge is -2.08. The standard InChI is InChI=1S/C31H25Cl2N3O3S/c1-3-18(2)20-9-14-27-25(17-20)35-30(39-27)19-7-10-21(11-8-19)34-31(40)36-28(37)16-13-22-12-15-26(38-22)23-5-4-6-24(32)29(23)33/h4-18H,3H2,1-2H3,(H2,34,36,37,40). The van der Waals surface area contributed by atoms with Crippen LogP contribution in [0.2, 0.25) is 10.0 Å². The molecule has 1 atom stereocenters. The average molecular weight is 591 g/mol. The number of nitrogens with one attached hydrogen (secondary N) is 2. The predicted octanol–water partition coefficient (Wildman–Crippen LogP) is 9.10. The highest BCUT2D eigenvalue weighted by Crippen LogP contribution is 2.34. The number of hydrogen-bond donors (Lipinski definition) is 2. The van der Waals surface area contributed by atoms with Gasteiger partial charge in [0, 0.05) is 22.9 Å². The highest BCUT2D eigenvalue weighted by atomic mass is 35.5. The van der Waals surface area contributed by atoms with Gasteiger partial charge < -0.3 is 14.2 Å². The number of carbonyl (C=O) groups excluding carboxylic acids is 1. The molecule has 5 rings (SSSR count). The molecule has 40 heavy (non-hydrogen) atoms. The van der Waals surface area contributed by atoms with E-state index in [1.165, 1.54) is 11.6 Å². The fraction of sp³-hybridized carbons (Fsp3) is 0.129. The number of amides is 1. The van der Waals surface area contributed by atoms with Gasteiger partial charge in [-0.2, -0.15) is 0 Å². The van der Waals surface area contributed by atoms with Crippen LogP contribution < -0.4 is 10.6 Å². The molecule has 0 aliphatic rings. The van der Waals surface area contributed by atoms with Crippen molar-refractivity contribution in [1.29, 1.82) is 0 Å². The number of rotatable bonds is 7. The van der Waals surface area contributed by atoms with Gasteiger partial charge in [0.05, 0.1) is 10.0 Å². The molecule has 2 heterocycles. The maximum atomic E-state index is 12.4. The van der Waals surface area contributed by atoms with E-state index in [0.717, 1.165) is 23.1 Å². The van der Waals surface area contributed by atoms with Crippen LogP contribution in [0.3, 0.4) is 0 Å². The van der Waals surface area contributed by atoms with Crippen molar-refractivity contribution in [3.8, 4) is 22.8 Å². The van der Waals surface area contributed by atoms with E-state index in [2.05, 4.69) is 41.6 Å². The zero-order chi connectivity index (χ0) is 28.2. The molecule has 3 aromatic carbocycles. The number of benzene rings is 3. The lowest BCUT2D eigenvalue weighted by molar-refractivity contribution is -0.115. The summed E-state index contributed by atoms with van der Waals surface area (Å²) in [5.41, 5.74) is 5.05. The second-order valence-corrected chi connectivity index (χ2v) is 10.4. The van der Waals surface area contributed by atoms with Crippen LogP contribution in [0, 0.1) is 0 Å². The van der Waals surface area contributed by atoms with Gasteiger partial charge in [-0.15, -0.1) is 0 Å². The number of nitrogens with zero attached hydrogens (tertiary/aromatic N) is 1. The molecule has 0 spiro atoms. The molecule has 0 saturated heterocycles. The lowest BCUT2D eigenvalue weighted by atomic mass is 9.98. The molecule has 0 aliphatic carbocycles. The Kier molecular flexibility index (Phi) is 8.35. The number of thiocarbonyl (C=S) groups is 1. The summed E-state index contributed by atoms with van der Waals surface area (Å²) in [6.07, 6.45) is 3.94. The molecular formula is C31H25Cl2N3O3S. The van der Waals surface area contributed by atoms with Gasteiger partial charge in [-0.25, -0.2) is 4.98 Å². The van der Waals surface area contributed by atoms with E-state index in [9.17, 15) is 4.79 Å². The van der Waals surface area contributed by atoms with E-state index in [0.29, 0.717) is 44.6 Å². The Morgan fingerprint density at radius 2 is 1.85 bits per heavy atom. The molecule has 0 aliphatic heterocycles. The summed E-state index contributed by atoms with van der Waals surface area (Å²) in [4.78, 5) is 17.0. The van der Waals surface area contributed by atoms with Gasteiger partial charge in [-0.3, -0.25) is 10.1 Å².